The second-order valence-corrected chi connectivity index (χ2v) is 6.35. The summed E-state index contributed by atoms with van der Waals surface area (Å²) in [5.41, 5.74) is 0.984. The number of carbonyl (C=O) groups excluding carboxylic acids is 1. The molecule has 2 aromatic heterocycles. The molecule has 0 fully saturated rings. The zero-order valence-electron chi connectivity index (χ0n) is 15.9. The highest BCUT2D eigenvalue weighted by Crippen LogP contribution is 2.35. The summed E-state index contributed by atoms with van der Waals surface area (Å²) in [5.74, 6) is 0.704. The van der Waals surface area contributed by atoms with Gasteiger partial charge in [0, 0.05) is 26.3 Å². The van der Waals surface area contributed by atoms with Crippen LogP contribution >= 0.6 is 0 Å². The maximum absolute atomic E-state index is 13.0. The third-order valence-corrected chi connectivity index (χ3v) is 4.35. The molecule has 3 heterocycles. The zero-order chi connectivity index (χ0) is 20.4. The van der Waals surface area contributed by atoms with Crippen LogP contribution in [0.5, 0.6) is 11.5 Å². The largest absolute Gasteiger partial charge is 0.454 e. The van der Waals surface area contributed by atoms with E-state index in [1.165, 1.54) is 19.4 Å². The van der Waals surface area contributed by atoms with E-state index in [-0.39, 0.29) is 18.9 Å². The minimum absolute atomic E-state index is 0.0346. The Morgan fingerprint density at radius 1 is 1.28 bits per heavy atom. The lowest BCUT2D eigenvalue weighted by Gasteiger charge is -2.10. The third kappa shape index (κ3) is 3.69. The number of aromatic nitrogens is 4. The van der Waals surface area contributed by atoms with E-state index >= 15 is 0 Å². The van der Waals surface area contributed by atoms with E-state index in [9.17, 15) is 9.59 Å². The lowest BCUT2D eigenvalue weighted by Crippen LogP contribution is -2.35. The summed E-state index contributed by atoms with van der Waals surface area (Å²) in [7, 11) is 3.26. The Bertz CT molecular complexity index is 1120. The summed E-state index contributed by atoms with van der Waals surface area (Å²) >= 11 is 0. The molecule has 4 rings (SSSR count). The number of rotatable bonds is 6. The first-order valence-electron chi connectivity index (χ1n) is 8.87. The Morgan fingerprint density at radius 2 is 2.10 bits per heavy atom. The van der Waals surface area contributed by atoms with Gasteiger partial charge in [-0.2, -0.15) is 14.9 Å². The van der Waals surface area contributed by atoms with Crippen LogP contribution in [-0.2, 0) is 11.8 Å². The number of amides is 1. The molecule has 0 spiro atoms. The average Bonchev–Trinajstić information content (AvgIpc) is 3.36. The van der Waals surface area contributed by atoms with Crippen LogP contribution in [0.2, 0.25) is 0 Å². The van der Waals surface area contributed by atoms with Gasteiger partial charge in [-0.15, -0.1) is 0 Å². The maximum Gasteiger partial charge on any atom is 0.284 e. The summed E-state index contributed by atoms with van der Waals surface area (Å²) in [6, 6.07) is 6.78. The van der Waals surface area contributed by atoms with Crippen molar-refractivity contribution in [3.63, 3.8) is 0 Å². The van der Waals surface area contributed by atoms with Crippen LogP contribution in [0.25, 0.3) is 16.9 Å². The average molecular weight is 397 g/mol. The van der Waals surface area contributed by atoms with Gasteiger partial charge in [-0.05, 0) is 24.3 Å². The molecular weight excluding hydrogens is 378 g/mol. The molecule has 10 heteroatoms. The highest BCUT2D eigenvalue weighted by molar-refractivity contribution is 5.94. The smallest absolute Gasteiger partial charge is 0.284 e. The molecule has 0 aliphatic carbocycles. The van der Waals surface area contributed by atoms with Crippen molar-refractivity contribution >= 4 is 5.91 Å². The fourth-order valence-corrected chi connectivity index (χ4v) is 2.91. The molecule has 1 aliphatic rings. The molecule has 1 aliphatic heterocycles. The van der Waals surface area contributed by atoms with Crippen LogP contribution in [0.1, 0.15) is 10.4 Å². The van der Waals surface area contributed by atoms with Gasteiger partial charge in [0.15, 0.2) is 11.5 Å². The van der Waals surface area contributed by atoms with Crippen molar-refractivity contribution in [3.05, 3.63) is 52.6 Å². The van der Waals surface area contributed by atoms with Crippen LogP contribution in [0.4, 0.5) is 0 Å². The Morgan fingerprint density at radius 3 is 2.86 bits per heavy atom. The molecule has 1 amide bonds. The first kappa shape index (κ1) is 18.7. The topological polar surface area (TPSA) is 110 Å². The number of nitrogens with one attached hydrogen (secondary N) is 1. The van der Waals surface area contributed by atoms with E-state index in [0.717, 1.165) is 4.68 Å². The summed E-state index contributed by atoms with van der Waals surface area (Å²) in [6.45, 7) is 0.764. The van der Waals surface area contributed by atoms with E-state index in [1.807, 2.05) is 0 Å². The minimum atomic E-state index is -0.544. The van der Waals surface area contributed by atoms with Crippen molar-refractivity contribution in [2.45, 2.75) is 0 Å². The number of hydrogen-bond donors (Lipinski definition) is 1. The normalized spacial score (nSPS) is 12.2. The van der Waals surface area contributed by atoms with Gasteiger partial charge < -0.3 is 19.5 Å². The van der Waals surface area contributed by atoms with Crippen LogP contribution in [-0.4, -0.2) is 52.5 Å². The number of ether oxygens (including phenoxy) is 3. The van der Waals surface area contributed by atoms with Crippen LogP contribution in [0, 0.1) is 0 Å². The van der Waals surface area contributed by atoms with E-state index in [2.05, 4.69) is 15.5 Å². The second-order valence-electron chi connectivity index (χ2n) is 6.35. The molecule has 0 unspecified atom stereocenters. The van der Waals surface area contributed by atoms with Gasteiger partial charge in [0.05, 0.1) is 24.7 Å². The van der Waals surface area contributed by atoms with Gasteiger partial charge >= 0.3 is 0 Å². The monoisotopic (exact) mass is 397 g/mol. The molecule has 0 saturated carbocycles. The molecule has 1 N–H and O–H groups in total. The fourth-order valence-electron chi connectivity index (χ4n) is 2.91. The number of aryl methyl sites for hydroxylation is 1. The molecule has 10 nitrogen and oxygen atoms in total. The van der Waals surface area contributed by atoms with Crippen molar-refractivity contribution in [2.24, 2.45) is 7.05 Å². The number of benzene rings is 1. The Hall–Kier alpha value is -3.66. The Labute approximate surface area is 165 Å². The number of carbonyl (C=O) groups is 1. The Balaban J connectivity index is 1.81. The van der Waals surface area contributed by atoms with Gasteiger partial charge in [0.2, 0.25) is 6.79 Å². The van der Waals surface area contributed by atoms with Crippen molar-refractivity contribution < 1.29 is 19.0 Å². The second kappa shape index (κ2) is 7.76. The lowest BCUT2D eigenvalue weighted by atomic mass is 10.1. The lowest BCUT2D eigenvalue weighted by molar-refractivity contribution is 0.0935. The molecular formula is C19H19N5O5. The molecule has 0 saturated heterocycles. The van der Waals surface area contributed by atoms with E-state index in [4.69, 9.17) is 14.2 Å². The van der Waals surface area contributed by atoms with Gasteiger partial charge in [-0.25, -0.2) is 0 Å². The minimum Gasteiger partial charge on any atom is -0.454 e. The predicted molar refractivity (Wildman–Crippen MR) is 102 cm³/mol. The van der Waals surface area contributed by atoms with E-state index in [0.29, 0.717) is 35.1 Å². The third-order valence-electron chi connectivity index (χ3n) is 4.35. The SMILES string of the molecule is COCCNC(=O)c1cc(-c2ccc3c(c2)OCO3)nn(-c2cnn(C)c2)c1=O. The van der Waals surface area contributed by atoms with E-state index < -0.39 is 11.5 Å². The number of hydrogen-bond acceptors (Lipinski definition) is 7. The first-order chi connectivity index (χ1) is 14.1. The molecule has 150 valence electrons. The summed E-state index contributed by atoms with van der Waals surface area (Å²) in [4.78, 5) is 25.6. The Kier molecular flexibility index (Phi) is 5.00. The van der Waals surface area contributed by atoms with Crippen molar-refractivity contribution in [1.29, 1.82) is 0 Å². The predicted octanol–water partition coefficient (Wildman–Crippen LogP) is 0.738. The van der Waals surface area contributed by atoms with Crippen LogP contribution in [0.15, 0.2) is 41.5 Å². The number of nitrogens with zero attached hydrogens (tertiary/aromatic N) is 4. The first-order valence-corrected chi connectivity index (χ1v) is 8.87. The highest BCUT2D eigenvalue weighted by atomic mass is 16.7. The molecule has 1 aromatic carbocycles. The highest BCUT2D eigenvalue weighted by Gasteiger charge is 2.20. The molecule has 0 bridgehead atoms. The molecule has 3 aromatic rings. The summed E-state index contributed by atoms with van der Waals surface area (Å²) < 4.78 is 18.4. The van der Waals surface area contributed by atoms with E-state index in [1.54, 1.807) is 36.1 Å². The van der Waals surface area contributed by atoms with Crippen molar-refractivity contribution in [1.82, 2.24) is 24.9 Å². The maximum atomic E-state index is 13.0. The quantitative estimate of drug-likeness (QED) is 0.611. The molecule has 0 radical (unpaired) electrons. The zero-order valence-corrected chi connectivity index (χ0v) is 15.9. The van der Waals surface area contributed by atoms with Gasteiger partial charge in [0.1, 0.15) is 11.3 Å². The standard InChI is InChI=1S/C19H19N5O5/c1-23-10-13(9-21-23)24-19(26)14(18(25)20-5-6-27-2)8-15(22-24)12-3-4-16-17(7-12)29-11-28-16/h3-4,7-10H,5-6,11H2,1-2H3,(H,20,25). The van der Waals surface area contributed by atoms with Crippen LogP contribution in [0.3, 0.4) is 0 Å². The van der Waals surface area contributed by atoms with Crippen molar-refractivity contribution in [2.75, 3.05) is 27.1 Å². The number of methoxy groups -OCH3 is 1. The number of fused-ring (bicyclic) bond motifs is 1. The summed E-state index contributed by atoms with van der Waals surface area (Å²) in [6.07, 6.45) is 3.15. The molecule has 29 heavy (non-hydrogen) atoms. The van der Waals surface area contributed by atoms with Gasteiger partial charge in [-0.3, -0.25) is 14.3 Å². The van der Waals surface area contributed by atoms with Crippen molar-refractivity contribution in [3.8, 4) is 28.4 Å². The molecule has 0 atom stereocenters. The summed E-state index contributed by atoms with van der Waals surface area (Å²) in [5, 5.41) is 11.2. The fraction of sp³-hybridized carbons (Fsp3) is 0.263. The van der Waals surface area contributed by atoms with Gasteiger partial charge in [-0.1, -0.05) is 0 Å². The van der Waals surface area contributed by atoms with Gasteiger partial charge in [0.25, 0.3) is 11.5 Å². The van der Waals surface area contributed by atoms with Crippen LogP contribution < -0.4 is 20.3 Å².